The number of rotatable bonds is 6. The predicted molar refractivity (Wildman–Crippen MR) is 83.0 cm³/mol. The molecule has 0 saturated carbocycles. The number of hydrogen-bond acceptors (Lipinski definition) is 5. The molecule has 2 amide bonds. The van der Waals surface area contributed by atoms with Gasteiger partial charge in [-0.1, -0.05) is 6.07 Å². The summed E-state index contributed by atoms with van der Waals surface area (Å²) in [6.45, 7) is 2.50. The van der Waals surface area contributed by atoms with Gasteiger partial charge in [-0.3, -0.25) is 9.59 Å². The van der Waals surface area contributed by atoms with Gasteiger partial charge in [0.05, 0.1) is 0 Å². The number of carbonyl (C=O) groups is 3. The molecule has 7 nitrogen and oxygen atoms in total. The van der Waals surface area contributed by atoms with Crippen LogP contribution in [0, 0.1) is 0 Å². The van der Waals surface area contributed by atoms with Crippen LogP contribution in [0.15, 0.2) is 24.3 Å². The van der Waals surface area contributed by atoms with Crippen LogP contribution in [0.2, 0.25) is 0 Å². The van der Waals surface area contributed by atoms with E-state index in [9.17, 15) is 14.4 Å². The van der Waals surface area contributed by atoms with Gasteiger partial charge in [0.15, 0.2) is 12.7 Å². The van der Waals surface area contributed by atoms with Gasteiger partial charge in [0.1, 0.15) is 0 Å². The van der Waals surface area contributed by atoms with Crippen molar-refractivity contribution >= 4 is 23.5 Å². The van der Waals surface area contributed by atoms with Crippen LogP contribution in [0.1, 0.15) is 30.1 Å². The minimum Gasteiger partial charge on any atom is -0.454 e. The molecule has 1 aliphatic rings. The Labute approximate surface area is 134 Å². The minimum atomic E-state index is -0.566. The van der Waals surface area contributed by atoms with Crippen molar-refractivity contribution in [3.8, 4) is 0 Å². The zero-order chi connectivity index (χ0) is 16.7. The first-order valence-corrected chi connectivity index (χ1v) is 7.56. The van der Waals surface area contributed by atoms with E-state index in [2.05, 4.69) is 10.6 Å². The van der Waals surface area contributed by atoms with Gasteiger partial charge >= 0.3 is 5.97 Å². The minimum absolute atomic E-state index is 0.214. The normalized spacial score (nSPS) is 16.7. The lowest BCUT2D eigenvalue weighted by Crippen LogP contribution is -2.27. The number of ether oxygens (including phenoxy) is 2. The first-order valence-electron chi connectivity index (χ1n) is 7.56. The summed E-state index contributed by atoms with van der Waals surface area (Å²) in [7, 11) is 0. The van der Waals surface area contributed by atoms with Gasteiger partial charge in [0.2, 0.25) is 0 Å². The second-order valence-electron chi connectivity index (χ2n) is 5.10. The maximum atomic E-state index is 11.8. The second kappa shape index (κ2) is 8.28. The van der Waals surface area contributed by atoms with Gasteiger partial charge in [-0.15, -0.1) is 0 Å². The predicted octanol–water partition coefficient (Wildman–Crippen LogP) is 1.10. The van der Waals surface area contributed by atoms with E-state index >= 15 is 0 Å². The van der Waals surface area contributed by atoms with Crippen molar-refractivity contribution in [2.24, 2.45) is 0 Å². The fourth-order valence-corrected chi connectivity index (χ4v) is 2.19. The van der Waals surface area contributed by atoms with Crippen molar-refractivity contribution in [1.82, 2.24) is 5.32 Å². The number of amides is 2. The summed E-state index contributed by atoms with van der Waals surface area (Å²) in [5.41, 5.74) is 0.910. The molecule has 1 heterocycles. The van der Waals surface area contributed by atoms with Crippen LogP contribution in [-0.4, -0.2) is 43.6 Å². The molecule has 2 N–H and O–H groups in total. The van der Waals surface area contributed by atoms with Gasteiger partial charge in [-0.25, -0.2) is 4.79 Å². The number of anilines is 1. The second-order valence-corrected chi connectivity index (χ2v) is 5.10. The van der Waals surface area contributed by atoms with Gasteiger partial charge in [0, 0.05) is 24.4 Å². The molecule has 0 spiro atoms. The van der Waals surface area contributed by atoms with Crippen molar-refractivity contribution in [3.05, 3.63) is 29.8 Å². The molecule has 0 unspecified atom stereocenters. The Hall–Kier alpha value is -2.41. The summed E-state index contributed by atoms with van der Waals surface area (Å²) >= 11 is 0. The Morgan fingerprint density at radius 3 is 2.87 bits per heavy atom. The highest BCUT2D eigenvalue weighted by Gasteiger charge is 2.25. The molecule has 1 atom stereocenters. The van der Waals surface area contributed by atoms with E-state index in [0.717, 1.165) is 6.42 Å². The van der Waals surface area contributed by atoms with Crippen molar-refractivity contribution in [2.45, 2.75) is 25.9 Å². The van der Waals surface area contributed by atoms with Crippen molar-refractivity contribution in [3.63, 3.8) is 0 Å². The molecular formula is C16H20N2O5. The molecule has 0 aromatic heterocycles. The van der Waals surface area contributed by atoms with Crippen molar-refractivity contribution in [1.29, 1.82) is 0 Å². The third kappa shape index (κ3) is 5.07. The Morgan fingerprint density at radius 1 is 1.35 bits per heavy atom. The molecule has 0 aliphatic carbocycles. The smallest absolute Gasteiger partial charge is 0.335 e. The highest BCUT2D eigenvalue weighted by molar-refractivity contribution is 5.97. The average molecular weight is 320 g/mol. The molecule has 1 saturated heterocycles. The summed E-state index contributed by atoms with van der Waals surface area (Å²) < 4.78 is 10.1. The van der Waals surface area contributed by atoms with E-state index in [1.165, 1.54) is 0 Å². The van der Waals surface area contributed by atoms with Crippen LogP contribution < -0.4 is 10.6 Å². The summed E-state index contributed by atoms with van der Waals surface area (Å²) in [5, 5.41) is 5.27. The molecule has 2 rings (SSSR count). The van der Waals surface area contributed by atoms with Gasteiger partial charge < -0.3 is 20.1 Å². The molecule has 124 valence electrons. The summed E-state index contributed by atoms with van der Waals surface area (Å²) in [5.74, 6) is -1.20. The lowest BCUT2D eigenvalue weighted by atomic mass is 10.2. The molecule has 1 aromatic carbocycles. The molecule has 1 aromatic rings. The van der Waals surface area contributed by atoms with E-state index < -0.39 is 18.0 Å². The molecule has 0 radical (unpaired) electrons. The fraction of sp³-hybridized carbons (Fsp3) is 0.438. The lowest BCUT2D eigenvalue weighted by molar-refractivity contribution is -0.156. The van der Waals surface area contributed by atoms with E-state index in [1.54, 1.807) is 24.3 Å². The van der Waals surface area contributed by atoms with E-state index in [1.807, 2.05) is 6.92 Å². The SMILES string of the molecule is CCNC(=O)c1cccc(NC(=O)COC(=O)[C@@H]2CCCO2)c1. The maximum Gasteiger partial charge on any atom is 0.335 e. The van der Waals surface area contributed by atoms with Crippen LogP contribution in [0.4, 0.5) is 5.69 Å². The first-order chi connectivity index (χ1) is 11.1. The highest BCUT2D eigenvalue weighted by atomic mass is 16.6. The monoisotopic (exact) mass is 320 g/mol. The molecule has 7 heteroatoms. The third-order valence-electron chi connectivity index (χ3n) is 3.28. The Morgan fingerprint density at radius 2 is 2.17 bits per heavy atom. The standard InChI is InChI=1S/C16H20N2O5/c1-2-17-15(20)11-5-3-6-12(9-11)18-14(19)10-23-16(21)13-7-4-8-22-13/h3,5-6,9,13H,2,4,7-8,10H2,1H3,(H,17,20)(H,18,19)/t13-/m0/s1. The zero-order valence-electron chi connectivity index (χ0n) is 13.0. The van der Waals surface area contributed by atoms with Crippen LogP contribution in [0.25, 0.3) is 0 Å². The van der Waals surface area contributed by atoms with E-state index in [4.69, 9.17) is 9.47 Å². The van der Waals surface area contributed by atoms with Gasteiger partial charge in [-0.2, -0.15) is 0 Å². The Kier molecular flexibility index (Phi) is 6.10. The van der Waals surface area contributed by atoms with Crippen LogP contribution >= 0.6 is 0 Å². The largest absolute Gasteiger partial charge is 0.454 e. The third-order valence-corrected chi connectivity index (χ3v) is 3.28. The quantitative estimate of drug-likeness (QED) is 0.766. The van der Waals surface area contributed by atoms with E-state index in [-0.39, 0.29) is 12.5 Å². The number of hydrogen-bond donors (Lipinski definition) is 2. The topological polar surface area (TPSA) is 93.7 Å². The van der Waals surface area contributed by atoms with Crippen molar-refractivity contribution in [2.75, 3.05) is 25.1 Å². The summed E-state index contributed by atoms with van der Waals surface area (Å²) in [4.78, 5) is 35.2. The zero-order valence-corrected chi connectivity index (χ0v) is 13.0. The fourth-order valence-electron chi connectivity index (χ4n) is 2.19. The number of benzene rings is 1. The number of carbonyl (C=O) groups excluding carboxylic acids is 3. The lowest BCUT2D eigenvalue weighted by Gasteiger charge is -2.10. The van der Waals surface area contributed by atoms with Gasteiger partial charge in [0.25, 0.3) is 11.8 Å². The Balaban J connectivity index is 1.83. The number of nitrogens with one attached hydrogen (secondary N) is 2. The number of esters is 1. The maximum absolute atomic E-state index is 11.8. The first kappa shape index (κ1) is 17.0. The van der Waals surface area contributed by atoms with Crippen molar-refractivity contribution < 1.29 is 23.9 Å². The van der Waals surface area contributed by atoms with E-state index in [0.29, 0.717) is 30.8 Å². The summed E-state index contributed by atoms with van der Waals surface area (Å²) in [6.07, 6.45) is 0.872. The van der Waals surface area contributed by atoms with Gasteiger partial charge in [-0.05, 0) is 38.0 Å². The molecular weight excluding hydrogens is 300 g/mol. The highest BCUT2D eigenvalue weighted by Crippen LogP contribution is 2.14. The summed E-state index contributed by atoms with van der Waals surface area (Å²) in [6, 6.07) is 6.53. The van der Waals surface area contributed by atoms with Crippen LogP contribution in [0.5, 0.6) is 0 Å². The molecule has 1 aliphatic heterocycles. The molecule has 0 bridgehead atoms. The Bertz CT molecular complexity index is 582. The molecule has 23 heavy (non-hydrogen) atoms. The van der Waals surface area contributed by atoms with Crippen LogP contribution in [0.3, 0.4) is 0 Å². The average Bonchev–Trinajstić information content (AvgIpc) is 3.07. The van der Waals surface area contributed by atoms with Crippen LogP contribution in [-0.2, 0) is 19.1 Å². The molecule has 1 fully saturated rings.